The highest BCUT2D eigenvalue weighted by molar-refractivity contribution is 8.00. The van der Waals surface area contributed by atoms with Crippen molar-refractivity contribution >= 4 is 57.8 Å². The number of esters is 1. The number of ether oxygens (including phenoxy) is 1. The highest BCUT2D eigenvalue weighted by atomic mass is 32.2. The summed E-state index contributed by atoms with van der Waals surface area (Å²) in [6.07, 6.45) is 3.39. The minimum absolute atomic E-state index is 0.00116. The lowest BCUT2D eigenvalue weighted by molar-refractivity contribution is -0.152. The van der Waals surface area contributed by atoms with E-state index in [0.29, 0.717) is 5.75 Å². The second-order valence-corrected chi connectivity index (χ2v) is 9.82. The zero-order valence-electron chi connectivity index (χ0n) is 19.3. The molecule has 1 aromatic heterocycles. The number of nitrogens with two attached hydrogens (primary N) is 1. The average molecular weight is 532 g/mol. The summed E-state index contributed by atoms with van der Waals surface area (Å²) in [6, 6.07) is 5.06. The maximum Gasteiger partial charge on any atom is 0.355 e. The van der Waals surface area contributed by atoms with Crippen LogP contribution in [0.25, 0.3) is 6.08 Å². The molecule has 2 aliphatic rings. The first kappa shape index (κ1) is 25.4. The molecular formula is C23H22FN5O5S2. The molecule has 1 saturated heterocycles. The van der Waals surface area contributed by atoms with Crippen LogP contribution in [0.4, 0.5) is 9.52 Å². The molecule has 4 rings (SSSR count). The number of halogens is 1. The number of hydrogen-bond acceptors (Lipinski definition) is 10. The maximum atomic E-state index is 13.1. The molecule has 1 fully saturated rings. The number of anilines is 1. The van der Waals surface area contributed by atoms with Crippen molar-refractivity contribution < 1.29 is 28.3 Å². The number of thioether (sulfide) groups is 1. The predicted molar refractivity (Wildman–Crippen MR) is 134 cm³/mol. The largest absolute Gasteiger partial charge is 0.457 e. The van der Waals surface area contributed by atoms with E-state index >= 15 is 0 Å². The normalized spacial score (nSPS) is 19.7. The molecule has 2 aliphatic heterocycles. The number of aromatic nitrogens is 1. The molecule has 1 unspecified atom stereocenters. The van der Waals surface area contributed by atoms with Crippen LogP contribution >= 0.6 is 23.1 Å². The Kier molecular flexibility index (Phi) is 7.70. The number of oxime groups is 1. The number of amides is 2. The van der Waals surface area contributed by atoms with Crippen LogP contribution in [0.15, 0.2) is 52.1 Å². The van der Waals surface area contributed by atoms with Crippen molar-refractivity contribution in [2.75, 3.05) is 25.2 Å². The van der Waals surface area contributed by atoms with Gasteiger partial charge in [-0.1, -0.05) is 23.4 Å². The Balaban J connectivity index is 1.37. The van der Waals surface area contributed by atoms with Gasteiger partial charge in [0, 0.05) is 11.1 Å². The third-order valence-corrected chi connectivity index (χ3v) is 7.08. The zero-order valence-corrected chi connectivity index (χ0v) is 20.9. The molecule has 0 saturated carbocycles. The van der Waals surface area contributed by atoms with Crippen molar-refractivity contribution in [3.8, 4) is 0 Å². The number of hydrogen-bond donors (Lipinski definition) is 2. The first-order valence-corrected chi connectivity index (χ1v) is 12.6. The topological polar surface area (TPSA) is 136 Å². The first-order valence-electron chi connectivity index (χ1n) is 10.7. The molecule has 0 radical (unpaired) electrons. The van der Waals surface area contributed by atoms with E-state index in [2.05, 4.69) is 15.5 Å². The van der Waals surface area contributed by atoms with Crippen LogP contribution in [-0.2, 0) is 24.0 Å². The number of thiazole rings is 1. The fourth-order valence-electron chi connectivity index (χ4n) is 3.57. The number of β-lactam (4-membered cyclic amide) rings is 1. The maximum absolute atomic E-state index is 13.1. The molecule has 188 valence electrons. The van der Waals surface area contributed by atoms with Crippen molar-refractivity contribution in [2.45, 2.75) is 18.3 Å². The molecule has 1 aromatic carbocycles. The fraction of sp³-hybridized carbons (Fsp3) is 0.261. The summed E-state index contributed by atoms with van der Waals surface area (Å²) in [5.74, 6) is -1.63. The molecule has 2 atom stereocenters. The van der Waals surface area contributed by atoms with E-state index in [9.17, 15) is 18.8 Å². The lowest BCUT2D eigenvalue weighted by Crippen LogP contribution is -2.70. The Hall–Kier alpha value is -3.71. The Morgan fingerprint density at radius 1 is 1.36 bits per heavy atom. The molecule has 10 nitrogen and oxygen atoms in total. The van der Waals surface area contributed by atoms with Crippen molar-refractivity contribution in [2.24, 2.45) is 5.16 Å². The Morgan fingerprint density at radius 2 is 2.11 bits per heavy atom. The van der Waals surface area contributed by atoms with Crippen molar-refractivity contribution in [1.29, 1.82) is 0 Å². The molecule has 3 N–H and O–H groups in total. The minimum atomic E-state index is -0.864. The van der Waals surface area contributed by atoms with Gasteiger partial charge in [-0.15, -0.1) is 23.1 Å². The molecule has 13 heteroatoms. The van der Waals surface area contributed by atoms with E-state index in [-0.39, 0.29) is 34.7 Å². The van der Waals surface area contributed by atoms with Crippen molar-refractivity contribution in [3.05, 3.63) is 64.1 Å². The summed E-state index contributed by atoms with van der Waals surface area (Å²) in [5, 5.41) is 7.70. The van der Waals surface area contributed by atoms with Crippen molar-refractivity contribution in [1.82, 2.24) is 15.2 Å². The van der Waals surface area contributed by atoms with Gasteiger partial charge in [-0.2, -0.15) is 0 Å². The standard InChI is InChI=1S/C23H22FN5O5S2/c1-12(9-13-3-5-14(24)6-4-13)10-34-22(32)16-7-8-35-21-18(20(31)29(16)21)27-19(30)17(28-33-2)15-11-36-23(25)26-15/h3-7,9,11,18,21H,8,10H2,1-2H3,(H2,25,26)(H,27,30)/t18?,21-/m0/s1. The van der Waals surface area contributed by atoms with Gasteiger partial charge in [0.05, 0.1) is 0 Å². The van der Waals surface area contributed by atoms with Gasteiger partial charge in [0.15, 0.2) is 10.8 Å². The number of carbonyl (C=O) groups is 3. The Labute approximate surface area is 214 Å². The third-order valence-electron chi connectivity index (χ3n) is 5.22. The Morgan fingerprint density at radius 3 is 2.78 bits per heavy atom. The van der Waals surface area contributed by atoms with Crippen LogP contribution in [0.5, 0.6) is 0 Å². The van der Waals surface area contributed by atoms with Gasteiger partial charge in [-0.05, 0) is 36.3 Å². The van der Waals surface area contributed by atoms with Gasteiger partial charge in [0.1, 0.15) is 42.3 Å². The summed E-state index contributed by atoms with van der Waals surface area (Å²) < 4.78 is 18.5. The molecule has 2 aromatic rings. The van der Waals surface area contributed by atoms with Crippen LogP contribution < -0.4 is 11.1 Å². The second kappa shape index (κ2) is 10.9. The highest BCUT2D eigenvalue weighted by Gasteiger charge is 2.53. The molecular weight excluding hydrogens is 509 g/mol. The van der Waals surface area contributed by atoms with Crippen LogP contribution in [0.3, 0.4) is 0 Å². The van der Waals surface area contributed by atoms with E-state index in [0.717, 1.165) is 22.5 Å². The smallest absolute Gasteiger partial charge is 0.355 e. The van der Waals surface area contributed by atoms with E-state index < -0.39 is 29.2 Å². The molecule has 3 heterocycles. The molecule has 0 aliphatic carbocycles. The molecule has 0 bridgehead atoms. The van der Waals surface area contributed by atoms with Gasteiger partial charge >= 0.3 is 5.97 Å². The second-order valence-electron chi connectivity index (χ2n) is 7.78. The summed E-state index contributed by atoms with van der Waals surface area (Å²) in [7, 11) is 1.29. The lowest BCUT2D eigenvalue weighted by atomic mass is 10.0. The average Bonchev–Trinajstić information content (AvgIpc) is 3.30. The van der Waals surface area contributed by atoms with Gasteiger partial charge in [0.2, 0.25) is 0 Å². The third kappa shape index (κ3) is 5.41. The van der Waals surface area contributed by atoms with E-state index in [4.69, 9.17) is 15.3 Å². The fourth-order valence-corrected chi connectivity index (χ4v) is 5.31. The first-order chi connectivity index (χ1) is 17.3. The predicted octanol–water partition coefficient (Wildman–Crippen LogP) is 2.15. The zero-order chi connectivity index (χ0) is 25.8. The molecule has 36 heavy (non-hydrogen) atoms. The van der Waals surface area contributed by atoms with Crippen LogP contribution in [0.1, 0.15) is 18.2 Å². The Bertz CT molecular complexity index is 1270. The summed E-state index contributed by atoms with van der Waals surface area (Å²) in [6.45, 7) is 1.78. The summed E-state index contributed by atoms with van der Waals surface area (Å²) >= 11 is 2.54. The van der Waals surface area contributed by atoms with Gasteiger partial charge in [-0.3, -0.25) is 14.5 Å². The monoisotopic (exact) mass is 531 g/mol. The SMILES string of the molecule is CON=C(C(=O)NC1C(=O)N2C(C(=O)OCC(C)=Cc3ccc(F)cc3)=CCS[C@@H]12)c1csc(N)n1. The van der Waals surface area contributed by atoms with Gasteiger partial charge < -0.3 is 20.6 Å². The van der Waals surface area contributed by atoms with Gasteiger partial charge in [0.25, 0.3) is 11.8 Å². The molecule has 0 spiro atoms. The van der Waals surface area contributed by atoms with Crippen LogP contribution in [0.2, 0.25) is 0 Å². The highest BCUT2D eigenvalue weighted by Crippen LogP contribution is 2.38. The van der Waals surface area contributed by atoms with E-state index in [1.807, 2.05) is 0 Å². The van der Waals surface area contributed by atoms with Crippen LogP contribution in [0, 0.1) is 5.82 Å². The van der Waals surface area contributed by atoms with E-state index in [1.54, 1.807) is 36.6 Å². The van der Waals surface area contributed by atoms with E-state index in [1.165, 1.54) is 35.9 Å². The lowest BCUT2D eigenvalue weighted by Gasteiger charge is -2.48. The number of carbonyl (C=O) groups excluding carboxylic acids is 3. The van der Waals surface area contributed by atoms with Gasteiger partial charge in [-0.25, -0.2) is 14.2 Å². The quantitative estimate of drug-likeness (QED) is 0.229. The summed E-state index contributed by atoms with van der Waals surface area (Å²) in [5.41, 5.74) is 7.39. The van der Waals surface area contributed by atoms with Crippen LogP contribution in [-0.4, -0.2) is 64.3 Å². The number of nitrogens with one attached hydrogen (secondary N) is 1. The number of nitrogen functional groups attached to an aromatic ring is 1. The number of nitrogens with zero attached hydrogens (tertiary/aromatic N) is 3. The number of benzene rings is 1. The molecule has 2 amide bonds. The summed E-state index contributed by atoms with van der Waals surface area (Å²) in [4.78, 5) is 48.5. The number of fused-ring (bicyclic) bond motifs is 1. The van der Waals surface area contributed by atoms with Crippen molar-refractivity contribution in [3.63, 3.8) is 0 Å². The minimum Gasteiger partial charge on any atom is -0.457 e. The number of rotatable bonds is 8.